The molecule has 0 radical (unpaired) electrons. The summed E-state index contributed by atoms with van der Waals surface area (Å²) in [6.07, 6.45) is 0.418. The summed E-state index contributed by atoms with van der Waals surface area (Å²) >= 11 is 0. The van der Waals surface area contributed by atoms with Gasteiger partial charge in [0.05, 0.1) is 19.1 Å². The number of carboxylic acid groups (broad SMARTS) is 1. The van der Waals surface area contributed by atoms with Crippen LogP contribution >= 0.6 is 0 Å². The lowest BCUT2D eigenvalue weighted by atomic mass is 10.0. The Bertz CT molecular complexity index is 816. The van der Waals surface area contributed by atoms with Crippen molar-refractivity contribution < 1.29 is 24.2 Å². The van der Waals surface area contributed by atoms with Crippen molar-refractivity contribution in [1.29, 1.82) is 0 Å². The van der Waals surface area contributed by atoms with Crippen molar-refractivity contribution in [3.63, 3.8) is 0 Å². The number of hydrogen-bond acceptors (Lipinski definition) is 4. The quantitative estimate of drug-likeness (QED) is 0.617. The SMILES string of the molecule is CCOc1ccc(C(=O)NCC(=O)Nc2ccc(CC(C)C(=O)O)cc2)cc1. The fourth-order valence-electron chi connectivity index (χ4n) is 2.50. The van der Waals surface area contributed by atoms with Gasteiger partial charge in [-0.3, -0.25) is 14.4 Å². The first kappa shape index (κ1) is 21.0. The molecule has 7 nitrogen and oxygen atoms in total. The number of rotatable bonds is 9. The first-order valence-electron chi connectivity index (χ1n) is 9.01. The van der Waals surface area contributed by atoms with E-state index in [1.165, 1.54) is 0 Å². The Kier molecular flexibility index (Phi) is 7.56. The van der Waals surface area contributed by atoms with Gasteiger partial charge in [0.25, 0.3) is 5.91 Å². The second-order valence-corrected chi connectivity index (χ2v) is 6.33. The van der Waals surface area contributed by atoms with Crippen LogP contribution in [-0.2, 0) is 16.0 Å². The van der Waals surface area contributed by atoms with E-state index in [9.17, 15) is 14.4 Å². The van der Waals surface area contributed by atoms with Crippen molar-refractivity contribution in [1.82, 2.24) is 5.32 Å². The molecule has 0 saturated heterocycles. The van der Waals surface area contributed by atoms with Crippen molar-refractivity contribution in [2.45, 2.75) is 20.3 Å². The number of carbonyl (C=O) groups is 3. The van der Waals surface area contributed by atoms with Crippen LogP contribution in [0.5, 0.6) is 5.75 Å². The van der Waals surface area contributed by atoms with Gasteiger partial charge in [0.15, 0.2) is 0 Å². The zero-order valence-electron chi connectivity index (χ0n) is 15.9. The Morgan fingerprint density at radius 1 is 1.04 bits per heavy atom. The number of amides is 2. The molecule has 2 amide bonds. The van der Waals surface area contributed by atoms with Gasteiger partial charge in [-0.15, -0.1) is 0 Å². The number of anilines is 1. The third kappa shape index (κ3) is 6.42. The Labute approximate surface area is 163 Å². The number of hydrogen-bond donors (Lipinski definition) is 3. The molecule has 28 heavy (non-hydrogen) atoms. The molecule has 0 aliphatic rings. The number of ether oxygens (including phenoxy) is 1. The maximum absolute atomic E-state index is 12.1. The van der Waals surface area contributed by atoms with Gasteiger partial charge >= 0.3 is 5.97 Å². The molecule has 148 valence electrons. The molecular weight excluding hydrogens is 360 g/mol. The molecule has 0 heterocycles. The maximum atomic E-state index is 12.1. The summed E-state index contributed by atoms with van der Waals surface area (Å²) in [5.41, 5.74) is 1.89. The van der Waals surface area contributed by atoms with Crippen molar-refractivity contribution in [3.05, 3.63) is 59.7 Å². The minimum Gasteiger partial charge on any atom is -0.494 e. The van der Waals surface area contributed by atoms with E-state index in [2.05, 4.69) is 10.6 Å². The van der Waals surface area contributed by atoms with E-state index in [1.54, 1.807) is 55.5 Å². The highest BCUT2D eigenvalue weighted by Gasteiger charge is 2.12. The number of carbonyl (C=O) groups excluding carboxylic acids is 2. The Balaban J connectivity index is 1.81. The lowest BCUT2D eigenvalue weighted by Gasteiger charge is -2.09. The minimum absolute atomic E-state index is 0.163. The maximum Gasteiger partial charge on any atom is 0.306 e. The molecule has 0 spiro atoms. The third-order valence-electron chi connectivity index (χ3n) is 4.04. The highest BCUT2D eigenvalue weighted by molar-refractivity contribution is 5.99. The van der Waals surface area contributed by atoms with Gasteiger partial charge in [-0.1, -0.05) is 19.1 Å². The van der Waals surface area contributed by atoms with Crippen LogP contribution < -0.4 is 15.4 Å². The monoisotopic (exact) mass is 384 g/mol. The van der Waals surface area contributed by atoms with Crippen LogP contribution in [0.2, 0.25) is 0 Å². The fraction of sp³-hybridized carbons (Fsp3) is 0.286. The molecule has 0 saturated carbocycles. The Hall–Kier alpha value is -3.35. The second kappa shape index (κ2) is 10.1. The van der Waals surface area contributed by atoms with Crippen LogP contribution in [0.25, 0.3) is 0 Å². The third-order valence-corrected chi connectivity index (χ3v) is 4.04. The molecule has 1 atom stereocenters. The van der Waals surface area contributed by atoms with E-state index < -0.39 is 11.9 Å². The minimum atomic E-state index is -0.847. The molecule has 0 aromatic heterocycles. The largest absolute Gasteiger partial charge is 0.494 e. The normalized spacial score (nSPS) is 11.4. The van der Waals surface area contributed by atoms with Crippen LogP contribution in [0.1, 0.15) is 29.8 Å². The van der Waals surface area contributed by atoms with Gasteiger partial charge in [0.2, 0.25) is 5.91 Å². The van der Waals surface area contributed by atoms with Crippen molar-refractivity contribution >= 4 is 23.5 Å². The lowest BCUT2D eigenvalue weighted by molar-refractivity contribution is -0.141. The average Bonchev–Trinajstić information content (AvgIpc) is 2.68. The first-order valence-corrected chi connectivity index (χ1v) is 9.01. The molecule has 0 aliphatic carbocycles. The molecule has 2 aromatic rings. The zero-order valence-corrected chi connectivity index (χ0v) is 15.9. The van der Waals surface area contributed by atoms with E-state index in [1.807, 2.05) is 6.92 Å². The number of aliphatic carboxylic acids is 1. The van der Waals surface area contributed by atoms with E-state index in [0.717, 1.165) is 5.56 Å². The number of nitrogens with one attached hydrogen (secondary N) is 2. The van der Waals surface area contributed by atoms with E-state index >= 15 is 0 Å². The predicted octanol–water partition coefficient (Wildman–Crippen LogP) is 2.72. The summed E-state index contributed by atoms with van der Waals surface area (Å²) in [4.78, 5) is 35.0. The van der Waals surface area contributed by atoms with Crippen molar-refractivity contribution in [2.75, 3.05) is 18.5 Å². The van der Waals surface area contributed by atoms with Crippen molar-refractivity contribution in [2.24, 2.45) is 5.92 Å². The van der Waals surface area contributed by atoms with Crippen LogP contribution in [0.3, 0.4) is 0 Å². The van der Waals surface area contributed by atoms with Crippen LogP contribution in [0, 0.1) is 5.92 Å². The van der Waals surface area contributed by atoms with E-state index in [0.29, 0.717) is 30.0 Å². The molecule has 1 unspecified atom stereocenters. The summed E-state index contributed by atoms with van der Waals surface area (Å²) in [7, 11) is 0. The molecule has 0 bridgehead atoms. The second-order valence-electron chi connectivity index (χ2n) is 6.33. The molecule has 0 aliphatic heterocycles. The Morgan fingerprint density at radius 3 is 2.25 bits per heavy atom. The van der Waals surface area contributed by atoms with Gasteiger partial charge in [0.1, 0.15) is 5.75 Å². The summed E-state index contributed by atoms with van der Waals surface area (Å²) in [5, 5.41) is 14.2. The Morgan fingerprint density at radius 2 is 1.68 bits per heavy atom. The van der Waals surface area contributed by atoms with Gasteiger partial charge in [-0.25, -0.2) is 0 Å². The number of carboxylic acids is 1. The molecular formula is C21H24N2O5. The fourth-order valence-corrected chi connectivity index (χ4v) is 2.50. The molecule has 2 rings (SSSR count). The summed E-state index contributed by atoms with van der Waals surface area (Å²) < 4.78 is 5.32. The van der Waals surface area contributed by atoms with E-state index in [4.69, 9.17) is 9.84 Å². The van der Waals surface area contributed by atoms with Crippen molar-refractivity contribution in [3.8, 4) is 5.75 Å². The zero-order chi connectivity index (χ0) is 20.5. The van der Waals surface area contributed by atoms with Gasteiger partial charge in [-0.2, -0.15) is 0 Å². The lowest BCUT2D eigenvalue weighted by Crippen LogP contribution is -2.32. The van der Waals surface area contributed by atoms with E-state index in [-0.39, 0.29) is 18.4 Å². The van der Waals surface area contributed by atoms with Crippen LogP contribution in [-0.4, -0.2) is 36.0 Å². The summed E-state index contributed by atoms with van der Waals surface area (Å²) in [5.74, 6) is -1.35. The average molecular weight is 384 g/mol. The molecule has 0 fully saturated rings. The van der Waals surface area contributed by atoms with Crippen LogP contribution in [0.4, 0.5) is 5.69 Å². The topological polar surface area (TPSA) is 105 Å². The summed E-state index contributed by atoms with van der Waals surface area (Å²) in [6, 6.07) is 13.6. The predicted molar refractivity (Wildman–Crippen MR) is 106 cm³/mol. The summed E-state index contributed by atoms with van der Waals surface area (Å²) in [6.45, 7) is 3.91. The smallest absolute Gasteiger partial charge is 0.306 e. The molecule has 3 N–H and O–H groups in total. The van der Waals surface area contributed by atoms with Crippen LogP contribution in [0.15, 0.2) is 48.5 Å². The highest BCUT2D eigenvalue weighted by atomic mass is 16.5. The van der Waals surface area contributed by atoms with Gasteiger partial charge in [-0.05, 0) is 55.3 Å². The first-order chi connectivity index (χ1) is 13.4. The highest BCUT2D eigenvalue weighted by Crippen LogP contribution is 2.14. The molecule has 7 heteroatoms. The molecule has 2 aromatic carbocycles. The van der Waals surface area contributed by atoms with Gasteiger partial charge < -0.3 is 20.5 Å². The van der Waals surface area contributed by atoms with Gasteiger partial charge in [0, 0.05) is 11.3 Å². The standard InChI is InChI=1S/C21H24N2O5/c1-3-28-18-10-6-16(7-11-18)20(25)22-13-19(24)23-17-8-4-15(5-9-17)12-14(2)21(26)27/h4-11,14H,3,12-13H2,1-2H3,(H,22,25)(H,23,24)(H,26,27). The number of benzene rings is 2.